The Hall–Kier alpha value is -5.94. The average molecular weight is 596 g/mol. The lowest BCUT2D eigenvalue weighted by Gasteiger charge is -2.21. The van der Waals surface area contributed by atoms with Gasteiger partial charge in [-0.1, -0.05) is 36.9 Å². The molecular formula is C41H33N5. The van der Waals surface area contributed by atoms with Crippen molar-refractivity contribution in [2.75, 3.05) is 0 Å². The lowest BCUT2D eigenvalue weighted by Crippen LogP contribution is -2.04. The number of nitrogens with one attached hydrogen (secondary N) is 2. The van der Waals surface area contributed by atoms with Crippen LogP contribution in [0.25, 0.3) is 71.4 Å². The fraction of sp³-hybridized carbons (Fsp3) is 0.0732. The summed E-state index contributed by atoms with van der Waals surface area (Å²) in [4.78, 5) is 7.89. The molecule has 222 valence electrons. The van der Waals surface area contributed by atoms with Crippen LogP contribution in [0.5, 0.6) is 0 Å². The first kappa shape index (κ1) is 27.6. The fourth-order valence-corrected chi connectivity index (χ4v) is 7.15. The molecule has 5 heteroatoms. The van der Waals surface area contributed by atoms with Crippen LogP contribution >= 0.6 is 0 Å². The summed E-state index contributed by atoms with van der Waals surface area (Å²) >= 11 is 0. The molecule has 0 radical (unpaired) electrons. The van der Waals surface area contributed by atoms with E-state index >= 15 is 0 Å². The molecule has 0 unspecified atom stereocenters. The van der Waals surface area contributed by atoms with Gasteiger partial charge in [0.2, 0.25) is 0 Å². The number of aromatic amines is 1. The quantitative estimate of drug-likeness (QED) is 0.127. The van der Waals surface area contributed by atoms with Gasteiger partial charge in [0, 0.05) is 63.2 Å². The van der Waals surface area contributed by atoms with Crippen molar-refractivity contribution in [3.63, 3.8) is 0 Å². The maximum absolute atomic E-state index is 7.53. The Kier molecular flexibility index (Phi) is 6.72. The van der Waals surface area contributed by atoms with Crippen LogP contribution in [0.15, 0.2) is 128 Å². The number of H-pyrrole nitrogens is 1. The number of aryl methyl sites for hydroxylation is 2. The van der Waals surface area contributed by atoms with Crippen molar-refractivity contribution in [2.45, 2.75) is 19.4 Å². The second kappa shape index (κ2) is 11.2. The Morgan fingerprint density at radius 3 is 2.35 bits per heavy atom. The Morgan fingerprint density at radius 2 is 1.57 bits per heavy atom. The van der Waals surface area contributed by atoms with Gasteiger partial charge in [-0.05, 0) is 136 Å². The largest absolute Gasteiger partial charge is 0.405 e. The molecule has 0 saturated heterocycles. The van der Waals surface area contributed by atoms with Crippen LogP contribution in [0.3, 0.4) is 0 Å². The smallest absolute Gasteiger partial charge is 0.0500 e. The van der Waals surface area contributed by atoms with Crippen LogP contribution in [0.2, 0.25) is 0 Å². The van der Waals surface area contributed by atoms with Gasteiger partial charge >= 0.3 is 0 Å². The average Bonchev–Trinajstić information content (AvgIpc) is 3.61. The molecule has 0 bridgehead atoms. The van der Waals surface area contributed by atoms with Gasteiger partial charge in [0.25, 0.3) is 0 Å². The van der Waals surface area contributed by atoms with Crippen molar-refractivity contribution in [3.8, 4) is 22.3 Å². The van der Waals surface area contributed by atoms with E-state index in [9.17, 15) is 0 Å². The van der Waals surface area contributed by atoms with Crippen molar-refractivity contribution in [3.05, 3.63) is 145 Å². The number of hydrogen-bond donors (Lipinski definition) is 3. The van der Waals surface area contributed by atoms with Crippen molar-refractivity contribution in [2.24, 2.45) is 5.73 Å². The van der Waals surface area contributed by atoms with Gasteiger partial charge in [-0.15, -0.1) is 0 Å². The molecule has 0 amide bonds. The SMILES string of the molecule is C=C/C(=C\C=N)c1ccc2[nH]c3cc4c(cc3c2c1)CCc1cc2c3cc(-c5ccncc5)ccc3n(C/C=C\C=C/N)c2cc1-4. The number of fused-ring (bicyclic) bond motifs is 9. The van der Waals surface area contributed by atoms with Crippen LogP contribution in [0.4, 0.5) is 0 Å². The lowest BCUT2D eigenvalue weighted by atomic mass is 9.84. The highest BCUT2D eigenvalue weighted by Gasteiger charge is 2.22. The van der Waals surface area contributed by atoms with E-state index in [2.05, 4.69) is 100.0 Å². The Balaban J connectivity index is 1.31. The van der Waals surface area contributed by atoms with Gasteiger partial charge in [-0.25, -0.2) is 0 Å². The zero-order valence-corrected chi connectivity index (χ0v) is 25.4. The number of nitrogens with two attached hydrogens (primary N) is 1. The van der Waals surface area contributed by atoms with Crippen molar-refractivity contribution < 1.29 is 0 Å². The minimum Gasteiger partial charge on any atom is -0.405 e. The molecule has 3 aromatic heterocycles. The number of benzene rings is 4. The number of allylic oxidation sites excluding steroid dienone is 6. The standard InChI is InChI=1S/C41H33N5/c1-2-26(12-16-43)28-8-10-38-34(20-28)35-22-30-6-7-31-23-37-36-21-29(27-13-17-44-18-14-27)9-11-40(36)46(19-5-3-4-15-42)41(37)25-33(31)32(30)24-39(35)45-38/h2-5,8-18,20-25,43,45H,1,6-7,19,42H2/b5-3-,15-4-,26-12+,43-16?. The van der Waals surface area contributed by atoms with Gasteiger partial charge in [0.05, 0.1) is 5.52 Å². The first-order valence-electron chi connectivity index (χ1n) is 15.6. The molecule has 1 aliphatic carbocycles. The van der Waals surface area contributed by atoms with Gasteiger partial charge in [-0.2, -0.15) is 0 Å². The van der Waals surface area contributed by atoms with E-state index in [1.165, 1.54) is 72.2 Å². The van der Waals surface area contributed by atoms with Crippen LogP contribution in [0.1, 0.15) is 16.7 Å². The minimum absolute atomic E-state index is 0.743. The normalized spacial score (nSPS) is 13.3. The van der Waals surface area contributed by atoms with Gasteiger partial charge in [0.15, 0.2) is 0 Å². The van der Waals surface area contributed by atoms with Crippen LogP contribution in [-0.2, 0) is 19.4 Å². The molecule has 0 spiro atoms. The maximum atomic E-state index is 7.53. The third-order valence-electron chi connectivity index (χ3n) is 9.34. The van der Waals surface area contributed by atoms with Gasteiger partial charge < -0.3 is 20.7 Å². The monoisotopic (exact) mass is 595 g/mol. The molecule has 3 heterocycles. The molecule has 4 aromatic carbocycles. The number of hydrogen-bond acceptors (Lipinski definition) is 3. The zero-order valence-electron chi connectivity index (χ0n) is 25.4. The highest BCUT2D eigenvalue weighted by Crippen LogP contribution is 2.42. The summed E-state index contributed by atoms with van der Waals surface area (Å²) in [7, 11) is 0. The fourth-order valence-electron chi connectivity index (χ4n) is 7.15. The molecule has 46 heavy (non-hydrogen) atoms. The molecule has 7 aromatic rings. The maximum Gasteiger partial charge on any atom is 0.0500 e. The predicted octanol–water partition coefficient (Wildman–Crippen LogP) is 9.50. The molecule has 0 aliphatic heterocycles. The van der Waals surface area contributed by atoms with Crippen LogP contribution in [0, 0.1) is 5.41 Å². The first-order chi connectivity index (χ1) is 22.7. The van der Waals surface area contributed by atoms with E-state index in [0.29, 0.717) is 0 Å². The molecular weight excluding hydrogens is 562 g/mol. The van der Waals surface area contributed by atoms with E-state index in [0.717, 1.165) is 41.6 Å². The van der Waals surface area contributed by atoms with E-state index in [1.54, 1.807) is 12.3 Å². The second-order valence-corrected chi connectivity index (χ2v) is 11.9. The molecule has 5 nitrogen and oxygen atoms in total. The summed E-state index contributed by atoms with van der Waals surface area (Å²) in [5.74, 6) is 0. The molecule has 0 atom stereocenters. The van der Waals surface area contributed by atoms with Gasteiger partial charge in [0.1, 0.15) is 0 Å². The first-order valence-corrected chi connectivity index (χ1v) is 15.6. The van der Waals surface area contributed by atoms with Crippen molar-refractivity contribution in [1.29, 1.82) is 5.41 Å². The zero-order chi connectivity index (χ0) is 31.2. The molecule has 8 rings (SSSR count). The van der Waals surface area contributed by atoms with Crippen LogP contribution in [-0.4, -0.2) is 20.7 Å². The Bertz CT molecular complexity index is 2430. The molecule has 1 aliphatic rings. The van der Waals surface area contributed by atoms with Crippen LogP contribution < -0.4 is 5.73 Å². The highest BCUT2D eigenvalue weighted by atomic mass is 15.0. The third kappa shape index (κ3) is 4.48. The predicted molar refractivity (Wildman–Crippen MR) is 194 cm³/mol. The minimum atomic E-state index is 0.743. The lowest BCUT2D eigenvalue weighted by molar-refractivity contribution is 0.897. The topological polar surface area (TPSA) is 83.5 Å². The summed E-state index contributed by atoms with van der Waals surface area (Å²) in [6.45, 7) is 4.70. The van der Waals surface area contributed by atoms with E-state index in [4.69, 9.17) is 11.1 Å². The Morgan fingerprint density at radius 1 is 0.804 bits per heavy atom. The number of pyridine rings is 1. The van der Waals surface area contributed by atoms with E-state index in [-0.39, 0.29) is 0 Å². The summed E-state index contributed by atoms with van der Waals surface area (Å²) in [6, 6.07) is 26.9. The Labute approximate surface area is 267 Å². The van der Waals surface area contributed by atoms with E-state index in [1.807, 2.05) is 30.6 Å². The summed E-state index contributed by atoms with van der Waals surface area (Å²) < 4.78 is 2.42. The van der Waals surface area contributed by atoms with Crippen molar-refractivity contribution in [1.82, 2.24) is 14.5 Å². The number of nitrogens with zero attached hydrogens (tertiary/aromatic N) is 2. The highest BCUT2D eigenvalue weighted by molar-refractivity contribution is 6.13. The van der Waals surface area contributed by atoms with Crippen molar-refractivity contribution >= 4 is 55.4 Å². The van der Waals surface area contributed by atoms with Gasteiger partial charge in [-0.3, -0.25) is 4.98 Å². The third-order valence-corrected chi connectivity index (χ3v) is 9.34. The molecule has 0 saturated carbocycles. The number of aromatic nitrogens is 3. The number of rotatable bonds is 7. The summed E-state index contributed by atoms with van der Waals surface area (Å²) in [5, 5.41) is 12.5. The summed E-state index contributed by atoms with van der Waals surface area (Å²) in [5.41, 5.74) is 20.0. The summed E-state index contributed by atoms with van der Waals surface area (Å²) in [6.07, 6.45) is 18.2. The molecule has 0 fully saturated rings. The molecule has 4 N–H and O–H groups in total. The second-order valence-electron chi connectivity index (χ2n) is 11.9. The van der Waals surface area contributed by atoms with E-state index < -0.39 is 0 Å².